The van der Waals surface area contributed by atoms with Gasteiger partial charge in [-0.1, -0.05) is 13.5 Å². The fraction of sp³-hybridized carbons (Fsp3) is 0.450. The molecule has 0 bridgehead atoms. The van der Waals surface area contributed by atoms with Gasteiger partial charge in [0.1, 0.15) is 17.3 Å². The number of ether oxygens (including phenoxy) is 2. The van der Waals surface area contributed by atoms with E-state index in [1.54, 1.807) is 20.8 Å². The molecule has 7 nitrogen and oxygen atoms in total. The van der Waals surface area contributed by atoms with Crippen molar-refractivity contribution in [3.63, 3.8) is 0 Å². The zero-order chi connectivity index (χ0) is 21.8. The molecule has 0 aromatic heterocycles. The molecule has 9 heteroatoms. The van der Waals surface area contributed by atoms with E-state index in [9.17, 15) is 19.0 Å². The van der Waals surface area contributed by atoms with E-state index in [2.05, 4.69) is 11.6 Å². The third kappa shape index (κ3) is 5.90. The quantitative estimate of drug-likeness (QED) is 0.338. The molecule has 1 N–H and O–H groups in total. The van der Waals surface area contributed by atoms with Crippen molar-refractivity contribution in [3.05, 3.63) is 35.7 Å². The summed E-state index contributed by atoms with van der Waals surface area (Å²) in [5.41, 5.74) is -0.0198. The molecule has 0 spiro atoms. The maximum absolute atomic E-state index is 14.1. The van der Waals surface area contributed by atoms with Gasteiger partial charge in [0, 0.05) is 18.4 Å². The van der Waals surface area contributed by atoms with Crippen molar-refractivity contribution in [2.24, 2.45) is 10.4 Å². The van der Waals surface area contributed by atoms with E-state index in [0.29, 0.717) is 12.0 Å². The zero-order valence-electron chi connectivity index (χ0n) is 17.1. The molecule has 1 heterocycles. The van der Waals surface area contributed by atoms with Crippen LogP contribution in [-0.2, 0) is 25.5 Å². The first kappa shape index (κ1) is 22.6. The van der Waals surface area contributed by atoms with Crippen LogP contribution in [0, 0.1) is 11.2 Å². The maximum Gasteiger partial charge on any atom is 0.575 e. The molecule has 29 heavy (non-hydrogen) atoms. The highest BCUT2D eigenvalue weighted by Gasteiger charge is 2.34. The van der Waals surface area contributed by atoms with Crippen LogP contribution < -0.4 is 4.65 Å². The summed E-state index contributed by atoms with van der Waals surface area (Å²) in [5, 5.41) is 10.2. The van der Waals surface area contributed by atoms with Crippen LogP contribution in [0.2, 0.25) is 0 Å². The van der Waals surface area contributed by atoms with Crippen LogP contribution in [0.15, 0.2) is 23.7 Å². The van der Waals surface area contributed by atoms with Crippen LogP contribution >= 0.6 is 0 Å². The van der Waals surface area contributed by atoms with E-state index < -0.39 is 31.1 Å². The Hall–Kier alpha value is -2.68. The minimum absolute atomic E-state index is 0.0112. The summed E-state index contributed by atoms with van der Waals surface area (Å²) in [4.78, 5) is 27.4. The Balaban J connectivity index is 2.18. The van der Waals surface area contributed by atoms with Gasteiger partial charge in [-0.15, -0.1) is 0 Å². The number of nitrogens with zero attached hydrogens (tertiary/aromatic N) is 1. The Morgan fingerprint density at radius 2 is 2.03 bits per heavy atom. The molecule has 0 radical (unpaired) electrons. The van der Waals surface area contributed by atoms with E-state index in [1.165, 1.54) is 6.07 Å². The summed E-state index contributed by atoms with van der Waals surface area (Å²) in [5.74, 6) is -1.23. The summed E-state index contributed by atoms with van der Waals surface area (Å²) in [6, 6.07) is 2.38. The van der Waals surface area contributed by atoms with Gasteiger partial charge < -0.3 is 19.2 Å². The predicted octanol–water partition coefficient (Wildman–Crippen LogP) is 3.08. The fourth-order valence-corrected chi connectivity index (χ4v) is 2.56. The number of hydrogen-bond acceptors (Lipinski definition) is 6. The van der Waals surface area contributed by atoms with Crippen molar-refractivity contribution in [2.45, 2.75) is 47.0 Å². The Morgan fingerprint density at radius 1 is 1.34 bits per heavy atom. The number of hydrogen-bond donors (Lipinski definition) is 1. The Morgan fingerprint density at radius 3 is 2.66 bits per heavy atom. The van der Waals surface area contributed by atoms with E-state index in [-0.39, 0.29) is 41.4 Å². The van der Waals surface area contributed by atoms with Gasteiger partial charge in [-0.25, -0.2) is 9.38 Å². The number of rotatable bonds is 6. The number of amides is 1. The van der Waals surface area contributed by atoms with Crippen LogP contribution in [0.3, 0.4) is 0 Å². The number of esters is 1. The van der Waals surface area contributed by atoms with Crippen LogP contribution in [0.1, 0.15) is 51.7 Å². The fourth-order valence-electron chi connectivity index (χ4n) is 2.56. The smallest absolute Gasteiger partial charge is 0.531 e. The van der Waals surface area contributed by atoms with Gasteiger partial charge in [-0.2, -0.15) is 0 Å². The van der Waals surface area contributed by atoms with Gasteiger partial charge >= 0.3 is 13.1 Å². The van der Waals surface area contributed by atoms with Gasteiger partial charge in [0.15, 0.2) is 0 Å². The van der Waals surface area contributed by atoms with Crippen molar-refractivity contribution in [1.82, 2.24) is 0 Å². The molecule has 1 aliphatic rings. The van der Waals surface area contributed by atoms with E-state index in [4.69, 9.17) is 14.1 Å². The molecule has 0 atom stereocenters. The van der Waals surface area contributed by atoms with E-state index >= 15 is 0 Å². The van der Waals surface area contributed by atoms with Gasteiger partial charge in [0.05, 0.1) is 16.6 Å². The summed E-state index contributed by atoms with van der Waals surface area (Å²) in [7, 11) is -1.45. The summed E-state index contributed by atoms with van der Waals surface area (Å²) < 4.78 is 29.9. The second-order valence-electron chi connectivity index (χ2n) is 7.70. The first-order valence-electron chi connectivity index (χ1n) is 9.29. The lowest BCUT2D eigenvalue weighted by molar-refractivity contribution is -0.161. The molecule has 1 aromatic rings. The average molecular weight is 405 g/mol. The SMILES string of the molecule is C=C(OCOC(=O)C(C)(C)C)c1cc(F)cc2c1OB(O)C(=NC(=O)CCC)C2. The van der Waals surface area contributed by atoms with Crippen LogP contribution in [-0.4, -0.2) is 36.4 Å². The van der Waals surface area contributed by atoms with Gasteiger partial charge in [0.2, 0.25) is 12.7 Å². The molecular formula is C20H25BFNO6. The van der Waals surface area contributed by atoms with Crippen molar-refractivity contribution < 1.29 is 33.1 Å². The second-order valence-corrected chi connectivity index (χ2v) is 7.70. The molecule has 0 unspecified atom stereocenters. The van der Waals surface area contributed by atoms with Gasteiger partial charge in [-0.3, -0.25) is 9.59 Å². The lowest BCUT2D eigenvalue weighted by Gasteiger charge is -2.25. The van der Waals surface area contributed by atoms with Crippen molar-refractivity contribution in [1.29, 1.82) is 0 Å². The van der Waals surface area contributed by atoms with Crippen molar-refractivity contribution in [2.75, 3.05) is 6.79 Å². The molecule has 1 amide bonds. The Kier molecular flexibility index (Phi) is 7.19. The molecular weight excluding hydrogens is 380 g/mol. The molecule has 2 rings (SSSR count). The molecule has 0 saturated carbocycles. The van der Waals surface area contributed by atoms with Crippen LogP contribution in [0.25, 0.3) is 5.76 Å². The molecule has 0 aliphatic carbocycles. The normalized spacial score (nSPS) is 14.8. The summed E-state index contributed by atoms with van der Waals surface area (Å²) in [6.07, 6.45) is 0.914. The number of fused-ring (bicyclic) bond motifs is 1. The number of halogens is 1. The third-order valence-electron chi connectivity index (χ3n) is 4.08. The first-order valence-corrected chi connectivity index (χ1v) is 9.29. The minimum atomic E-state index is -1.45. The predicted molar refractivity (Wildman–Crippen MR) is 107 cm³/mol. The Bertz CT molecular complexity index is 846. The highest BCUT2D eigenvalue weighted by Crippen LogP contribution is 2.34. The molecule has 1 aliphatic heterocycles. The number of carbonyl (C=O) groups is 2. The molecule has 1 aromatic carbocycles. The highest BCUT2D eigenvalue weighted by atomic mass is 19.1. The van der Waals surface area contributed by atoms with Crippen LogP contribution in [0.5, 0.6) is 5.75 Å². The average Bonchev–Trinajstić information content (AvgIpc) is 2.61. The number of carbonyl (C=O) groups excluding carboxylic acids is 2. The monoisotopic (exact) mass is 405 g/mol. The van der Waals surface area contributed by atoms with Gasteiger partial charge in [0.25, 0.3) is 0 Å². The van der Waals surface area contributed by atoms with E-state index in [1.807, 2.05) is 6.92 Å². The van der Waals surface area contributed by atoms with Crippen LogP contribution in [0.4, 0.5) is 4.39 Å². The lowest BCUT2D eigenvalue weighted by Crippen LogP contribution is -2.39. The van der Waals surface area contributed by atoms with E-state index in [0.717, 1.165) is 6.07 Å². The highest BCUT2D eigenvalue weighted by molar-refractivity contribution is 6.82. The summed E-state index contributed by atoms with van der Waals surface area (Å²) >= 11 is 0. The lowest BCUT2D eigenvalue weighted by atomic mass is 9.75. The number of aliphatic imine (C=N–C) groups is 1. The standard InChI is InChI=1S/C20H25BFNO6/c1-6-7-17(24)23-16-9-13-8-14(22)10-15(18(13)29-21(16)26)12(2)27-11-28-19(25)20(3,4)5/h8,10,26H,2,6-7,9,11H2,1,3-5H3. The number of benzene rings is 1. The molecule has 156 valence electrons. The summed E-state index contributed by atoms with van der Waals surface area (Å²) in [6.45, 7) is 10.3. The second kappa shape index (κ2) is 9.22. The largest absolute Gasteiger partial charge is 0.575 e. The topological polar surface area (TPSA) is 94.4 Å². The van der Waals surface area contributed by atoms with Crippen molar-refractivity contribution >= 4 is 30.4 Å². The Labute approximate surface area is 169 Å². The minimum Gasteiger partial charge on any atom is -0.531 e. The van der Waals surface area contributed by atoms with Gasteiger partial charge in [-0.05, 0) is 39.3 Å². The molecule has 0 saturated heterocycles. The third-order valence-corrected chi connectivity index (χ3v) is 4.08. The first-order chi connectivity index (χ1) is 13.5. The zero-order valence-corrected chi connectivity index (χ0v) is 17.1. The van der Waals surface area contributed by atoms with Crippen molar-refractivity contribution in [3.8, 4) is 5.75 Å². The maximum atomic E-state index is 14.1. The molecule has 0 fully saturated rings.